The lowest BCUT2D eigenvalue weighted by Crippen LogP contribution is -2.58. The largest absolute Gasteiger partial charge is 0.371 e. The van der Waals surface area contributed by atoms with Crippen molar-refractivity contribution in [2.24, 2.45) is 11.7 Å². The van der Waals surface area contributed by atoms with Crippen LogP contribution in [0.4, 0.5) is 8.78 Å². The van der Waals surface area contributed by atoms with E-state index in [0.717, 1.165) is 37.5 Å². The first-order valence-corrected chi connectivity index (χ1v) is 19.5. The van der Waals surface area contributed by atoms with Crippen molar-refractivity contribution >= 4 is 52.8 Å². The van der Waals surface area contributed by atoms with Crippen LogP contribution in [-0.2, 0) is 33.5 Å². The van der Waals surface area contributed by atoms with Crippen LogP contribution < -0.4 is 27.0 Å². The Labute approximate surface area is 335 Å². The molecule has 17 heteroatoms. The van der Waals surface area contributed by atoms with Gasteiger partial charge in [0.05, 0.1) is 24.3 Å². The number of hydrogen-bond acceptors (Lipinski definition) is 8. The molecule has 4 rings (SSSR count). The molecule has 310 valence electrons. The summed E-state index contributed by atoms with van der Waals surface area (Å²) in [6, 6.07) is 4.01. The van der Waals surface area contributed by atoms with Gasteiger partial charge in [-0.15, -0.1) is 0 Å². The number of nitrogens with zero attached hydrogens (tertiary/aromatic N) is 1. The number of hydrogen-bond donors (Lipinski definition) is 5. The molecular weight excluding hydrogens is 766 g/mol. The third kappa shape index (κ3) is 12.3. The molecule has 0 spiro atoms. The Kier molecular flexibility index (Phi) is 15.7. The summed E-state index contributed by atoms with van der Waals surface area (Å²) in [5.41, 5.74) is 4.25. The topological polar surface area (TPSA) is 206 Å². The maximum Gasteiger partial charge on any atom is 0.290 e. The third-order valence-electron chi connectivity index (χ3n) is 9.85. The standard InChI is InChI=1S/C40H51ClF2N6O8/c1-5-11-28(34(51)38(55)45-20-30(50)47-32(35(44)52)23-14-9-15-24(41)18-23)46-36(53)29-19-25(57-40(2,3)4)21-49(29)39(56)33(22-12-7-6-8-13-22)48-37(54)31-26(42)16-10-17-27(31)43/h9-10,14-18,22,25,28-29,32-33H,5-8,11-13,19-21H2,1-4H3,(H2,44,52)(H,45,55)(H,46,53)(H,47,50)(H,48,54)/t25-,28?,29+,32?,33?/m1/s1. The zero-order chi connectivity index (χ0) is 42.0. The fourth-order valence-electron chi connectivity index (χ4n) is 7.28. The monoisotopic (exact) mass is 816 g/mol. The van der Waals surface area contributed by atoms with Gasteiger partial charge in [0.25, 0.3) is 11.8 Å². The first kappa shape index (κ1) is 44.8. The molecule has 1 heterocycles. The predicted molar refractivity (Wildman–Crippen MR) is 205 cm³/mol. The molecule has 6 amide bonds. The lowest BCUT2D eigenvalue weighted by Gasteiger charge is -2.35. The third-order valence-corrected chi connectivity index (χ3v) is 10.1. The Morgan fingerprint density at radius 3 is 2.19 bits per heavy atom. The van der Waals surface area contributed by atoms with Crippen molar-refractivity contribution in [2.75, 3.05) is 13.1 Å². The molecular formula is C40H51ClF2N6O8. The van der Waals surface area contributed by atoms with Crippen LogP contribution in [0.15, 0.2) is 42.5 Å². The van der Waals surface area contributed by atoms with E-state index >= 15 is 0 Å². The van der Waals surface area contributed by atoms with Gasteiger partial charge in [0, 0.05) is 18.0 Å². The SMILES string of the molecule is CCCC(NC(=O)[C@@H]1C[C@@H](OC(C)(C)C)CN1C(=O)C(NC(=O)c1c(F)cccc1F)C1CCCCC1)C(=O)C(=O)NCC(=O)NC(C(N)=O)c1cccc(Cl)c1. The van der Waals surface area contributed by atoms with Gasteiger partial charge >= 0.3 is 0 Å². The average Bonchev–Trinajstić information content (AvgIpc) is 3.57. The van der Waals surface area contributed by atoms with Crippen molar-refractivity contribution in [3.05, 3.63) is 70.2 Å². The quantitative estimate of drug-likeness (QED) is 0.159. The van der Waals surface area contributed by atoms with Crippen molar-refractivity contribution in [1.82, 2.24) is 26.2 Å². The van der Waals surface area contributed by atoms with Gasteiger partial charge in [-0.1, -0.05) is 62.4 Å². The van der Waals surface area contributed by atoms with Crippen molar-refractivity contribution in [1.29, 1.82) is 0 Å². The minimum Gasteiger partial charge on any atom is -0.371 e. The normalized spacial score (nSPS) is 18.8. The highest BCUT2D eigenvalue weighted by molar-refractivity contribution is 6.38. The molecule has 14 nitrogen and oxygen atoms in total. The molecule has 0 bridgehead atoms. The number of Topliss-reactive ketones (excluding diaryl/α,β-unsaturated/α-hetero) is 1. The van der Waals surface area contributed by atoms with E-state index in [0.29, 0.717) is 29.8 Å². The minimum absolute atomic E-state index is 0.00910. The number of rotatable bonds is 16. The van der Waals surface area contributed by atoms with E-state index in [4.69, 9.17) is 22.1 Å². The Morgan fingerprint density at radius 2 is 1.60 bits per heavy atom. The lowest BCUT2D eigenvalue weighted by molar-refractivity contribution is -0.143. The van der Waals surface area contributed by atoms with Gasteiger partial charge < -0.3 is 36.6 Å². The van der Waals surface area contributed by atoms with Crippen molar-refractivity contribution in [3.63, 3.8) is 0 Å². The Morgan fingerprint density at radius 1 is 0.947 bits per heavy atom. The van der Waals surface area contributed by atoms with Gasteiger partial charge in [-0.2, -0.15) is 0 Å². The van der Waals surface area contributed by atoms with Crippen LogP contribution in [0.5, 0.6) is 0 Å². The number of carbonyl (C=O) groups excluding carboxylic acids is 7. The van der Waals surface area contributed by atoms with Crippen LogP contribution >= 0.6 is 11.6 Å². The molecule has 1 saturated heterocycles. The number of ether oxygens (including phenoxy) is 1. The molecule has 0 aromatic heterocycles. The van der Waals surface area contributed by atoms with Crippen LogP contribution in [0.3, 0.4) is 0 Å². The van der Waals surface area contributed by atoms with Crippen LogP contribution in [-0.4, -0.2) is 89.0 Å². The number of benzene rings is 2. The average molecular weight is 817 g/mol. The van der Waals surface area contributed by atoms with Gasteiger partial charge in [0.15, 0.2) is 0 Å². The zero-order valence-corrected chi connectivity index (χ0v) is 33.3. The summed E-state index contributed by atoms with van der Waals surface area (Å²) >= 11 is 6.00. The molecule has 0 radical (unpaired) electrons. The van der Waals surface area contributed by atoms with Gasteiger partial charge in [-0.3, -0.25) is 33.6 Å². The number of ketones is 1. The van der Waals surface area contributed by atoms with Gasteiger partial charge in [0.1, 0.15) is 35.3 Å². The Balaban J connectivity index is 1.51. The molecule has 1 aliphatic carbocycles. The summed E-state index contributed by atoms with van der Waals surface area (Å²) in [6.07, 6.45) is 3.28. The van der Waals surface area contributed by atoms with Crippen LogP contribution in [0.1, 0.15) is 101 Å². The highest BCUT2D eigenvalue weighted by Gasteiger charge is 2.46. The molecule has 57 heavy (non-hydrogen) atoms. The number of nitrogens with two attached hydrogens (primary N) is 1. The second kappa shape index (κ2) is 19.9. The zero-order valence-electron chi connectivity index (χ0n) is 32.5. The first-order valence-electron chi connectivity index (χ1n) is 19.1. The summed E-state index contributed by atoms with van der Waals surface area (Å²) in [6.45, 7) is 6.38. The molecule has 5 atom stereocenters. The van der Waals surface area contributed by atoms with E-state index in [-0.39, 0.29) is 19.4 Å². The molecule has 1 aliphatic heterocycles. The van der Waals surface area contributed by atoms with E-state index in [1.807, 2.05) is 0 Å². The van der Waals surface area contributed by atoms with Crippen LogP contribution in [0, 0.1) is 17.6 Å². The van der Waals surface area contributed by atoms with Crippen molar-refractivity contribution in [2.45, 2.75) is 115 Å². The van der Waals surface area contributed by atoms with E-state index in [9.17, 15) is 42.3 Å². The molecule has 2 aliphatic rings. The van der Waals surface area contributed by atoms with E-state index in [1.54, 1.807) is 39.8 Å². The van der Waals surface area contributed by atoms with Crippen LogP contribution in [0.25, 0.3) is 0 Å². The number of halogens is 3. The Hall–Kier alpha value is -4.96. The number of amides is 6. The number of nitrogens with one attached hydrogen (secondary N) is 4. The lowest BCUT2D eigenvalue weighted by atomic mass is 9.83. The van der Waals surface area contributed by atoms with Crippen molar-refractivity contribution < 1.29 is 47.1 Å². The Bertz CT molecular complexity index is 1810. The summed E-state index contributed by atoms with van der Waals surface area (Å²) < 4.78 is 35.5. The van der Waals surface area contributed by atoms with E-state index < -0.39 is 107 Å². The smallest absolute Gasteiger partial charge is 0.290 e. The summed E-state index contributed by atoms with van der Waals surface area (Å²) in [7, 11) is 0. The molecule has 1 saturated carbocycles. The highest BCUT2D eigenvalue weighted by atomic mass is 35.5. The maximum absolute atomic E-state index is 14.7. The number of carbonyl (C=O) groups is 7. The predicted octanol–water partition coefficient (Wildman–Crippen LogP) is 3.39. The summed E-state index contributed by atoms with van der Waals surface area (Å²) in [5.74, 6) is -9.07. The molecule has 6 N–H and O–H groups in total. The summed E-state index contributed by atoms with van der Waals surface area (Å²) in [5, 5.41) is 10.1. The fourth-order valence-corrected chi connectivity index (χ4v) is 7.48. The first-order chi connectivity index (χ1) is 26.9. The maximum atomic E-state index is 14.7. The second-order valence-electron chi connectivity index (χ2n) is 15.4. The van der Waals surface area contributed by atoms with Gasteiger partial charge in [0.2, 0.25) is 29.4 Å². The van der Waals surface area contributed by atoms with Crippen LogP contribution in [0.2, 0.25) is 5.02 Å². The summed E-state index contributed by atoms with van der Waals surface area (Å²) in [4.78, 5) is 94.4. The minimum atomic E-state index is -1.35. The molecule has 2 aromatic carbocycles. The molecule has 2 aromatic rings. The molecule has 3 unspecified atom stereocenters. The van der Waals surface area contributed by atoms with Gasteiger partial charge in [-0.05, 0) is 75.8 Å². The second-order valence-corrected chi connectivity index (χ2v) is 15.8. The van der Waals surface area contributed by atoms with Gasteiger partial charge in [-0.25, -0.2) is 8.78 Å². The fraction of sp³-hybridized carbons (Fsp3) is 0.525. The number of likely N-dealkylation sites (tertiary alicyclic amines) is 1. The van der Waals surface area contributed by atoms with E-state index in [1.165, 1.54) is 17.0 Å². The highest BCUT2D eigenvalue weighted by Crippen LogP contribution is 2.31. The number of primary amides is 1. The molecule has 2 fully saturated rings. The van der Waals surface area contributed by atoms with Crippen molar-refractivity contribution in [3.8, 4) is 0 Å². The van der Waals surface area contributed by atoms with E-state index in [2.05, 4.69) is 21.3 Å².